The van der Waals surface area contributed by atoms with Crippen LogP contribution in [0.15, 0.2) is 18.3 Å². The molecule has 1 heterocycles. The smallest absolute Gasteiger partial charge is 0.239 e. The van der Waals surface area contributed by atoms with E-state index in [0.717, 1.165) is 12.8 Å². The average Bonchev–Trinajstić information content (AvgIpc) is 3.01. The standard InChI is InChI=1S/C13H20N2O2S/c1-10-11(6-5-9-14-10)15-18(16,17)13(7-8-13)12(2,3)4/h5-6,9,15H,7-8H2,1-4H3. The topological polar surface area (TPSA) is 59.1 Å². The summed E-state index contributed by atoms with van der Waals surface area (Å²) in [6.07, 6.45) is 3.11. The maximum Gasteiger partial charge on any atom is 0.239 e. The van der Waals surface area contributed by atoms with Crippen molar-refractivity contribution in [2.24, 2.45) is 5.41 Å². The zero-order valence-corrected chi connectivity index (χ0v) is 12.1. The minimum atomic E-state index is -3.37. The third kappa shape index (κ3) is 2.00. The van der Waals surface area contributed by atoms with E-state index in [1.807, 2.05) is 20.8 Å². The number of aryl methyl sites for hydroxylation is 1. The van der Waals surface area contributed by atoms with Gasteiger partial charge >= 0.3 is 0 Å². The molecule has 4 nitrogen and oxygen atoms in total. The van der Waals surface area contributed by atoms with Gasteiger partial charge in [-0.25, -0.2) is 8.42 Å². The molecule has 1 aliphatic rings. The van der Waals surface area contributed by atoms with E-state index >= 15 is 0 Å². The number of nitrogens with one attached hydrogen (secondary N) is 1. The van der Waals surface area contributed by atoms with Crippen molar-refractivity contribution >= 4 is 15.7 Å². The molecule has 18 heavy (non-hydrogen) atoms. The highest BCUT2D eigenvalue weighted by Crippen LogP contribution is 2.56. The number of sulfonamides is 1. The Hall–Kier alpha value is -1.10. The first-order valence-corrected chi connectivity index (χ1v) is 7.62. The van der Waals surface area contributed by atoms with Crippen molar-refractivity contribution in [3.05, 3.63) is 24.0 Å². The van der Waals surface area contributed by atoms with Crippen LogP contribution in [-0.2, 0) is 10.0 Å². The van der Waals surface area contributed by atoms with Gasteiger partial charge in [0.2, 0.25) is 10.0 Å². The van der Waals surface area contributed by atoms with Crippen LogP contribution in [0.4, 0.5) is 5.69 Å². The van der Waals surface area contributed by atoms with Crippen molar-refractivity contribution in [1.29, 1.82) is 0 Å². The summed E-state index contributed by atoms with van der Waals surface area (Å²) in [5.74, 6) is 0. The fourth-order valence-corrected chi connectivity index (χ4v) is 4.52. The monoisotopic (exact) mass is 268 g/mol. The van der Waals surface area contributed by atoms with E-state index in [-0.39, 0.29) is 5.41 Å². The lowest BCUT2D eigenvalue weighted by Crippen LogP contribution is -2.40. The van der Waals surface area contributed by atoms with Crippen molar-refractivity contribution in [3.8, 4) is 0 Å². The molecule has 1 aromatic rings. The first-order chi connectivity index (χ1) is 8.20. The van der Waals surface area contributed by atoms with Crippen molar-refractivity contribution in [2.75, 3.05) is 4.72 Å². The molecule has 0 unspecified atom stereocenters. The number of hydrogen-bond acceptors (Lipinski definition) is 3. The highest BCUT2D eigenvalue weighted by atomic mass is 32.2. The summed E-state index contributed by atoms with van der Waals surface area (Å²) in [6.45, 7) is 7.74. The van der Waals surface area contributed by atoms with Gasteiger partial charge in [-0.15, -0.1) is 0 Å². The van der Waals surface area contributed by atoms with E-state index in [1.165, 1.54) is 0 Å². The third-order valence-corrected chi connectivity index (χ3v) is 6.37. The number of hydrogen-bond donors (Lipinski definition) is 1. The second-order valence-corrected chi connectivity index (χ2v) is 7.98. The second-order valence-electron chi connectivity index (χ2n) is 5.99. The van der Waals surface area contributed by atoms with Gasteiger partial charge in [-0.2, -0.15) is 0 Å². The highest BCUT2D eigenvalue weighted by Gasteiger charge is 2.62. The predicted molar refractivity (Wildman–Crippen MR) is 72.9 cm³/mol. The van der Waals surface area contributed by atoms with Gasteiger partial charge in [-0.3, -0.25) is 9.71 Å². The Labute approximate surface area is 109 Å². The molecular formula is C13H20N2O2S. The van der Waals surface area contributed by atoms with Crippen LogP contribution in [0.3, 0.4) is 0 Å². The van der Waals surface area contributed by atoms with Gasteiger partial charge in [-0.05, 0) is 37.3 Å². The molecule has 1 aromatic heterocycles. The van der Waals surface area contributed by atoms with Gasteiger partial charge < -0.3 is 0 Å². The largest absolute Gasteiger partial charge is 0.281 e. The van der Waals surface area contributed by atoms with Gasteiger partial charge in [0.05, 0.1) is 16.1 Å². The van der Waals surface area contributed by atoms with Crippen LogP contribution < -0.4 is 4.72 Å². The van der Waals surface area contributed by atoms with Crippen LogP contribution in [-0.4, -0.2) is 18.1 Å². The van der Waals surface area contributed by atoms with Gasteiger partial charge in [0.1, 0.15) is 0 Å². The van der Waals surface area contributed by atoms with Crippen LogP contribution in [0.1, 0.15) is 39.3 Å². The van der Waals surface area contributed by atoms with Gasteiger partial charge in [0.25, 0.3) is 0 Å². The van der Waals surface area contributed by atoms with Crippen molar-refractivity contribution < 1.29 is 8.42 Å². The summed E-state index contributed by atoms with van der Waals surface area (Å²) in [5.41, 5.74) is 1.02. The molecule has 5 heteroatoms. The van der Waals surface area contributed by atoms with Crippen LogP contribution >= 0.6 is 0 Å². The molecule has 0 saturated heterocycles. The summed E-state index contributed by atoms with van der Waals surface area (Å²) in [5, 5.41) is 0. The molecule has 0 aromatic carbocycles. The summed E-state index contributed by atoms with van der Waals surface area (Å²) in [7, 11) is -3.37. The van der Waals surface area contributed by atoms with Crippen molar-refractivity contribution in [2.45, 2.75) is 45.3 Å². The lowest BCUT2D eigenvalue weighted by atomic mass is 9.90. The van der Waals surface area contributed by atoms with Crippen LogP contribution in [0.25, 0.3) is 0 Å². The highest BCUT2D eigenvalue weighted by molar-refractivity contribution is 7.94. The van der Waals surface area contributed by atoms with E-state index in [4.69, 9.17) is 0 Å². The van der Waals surface area contributed by atoms with Crippen molar-refractivity contribution in [1.82, 2.24) is 4.98 Å². The quantitative estimate of drug-likeness (QED) is 0.917. The van der Waals surface area contributed by atoms with Gasteiger partial charge in [-0.1, -0.05) is 20.8 Å². The van der Waals surface area contributed by atoms with E-state index in [1.54, 1.807) is 25.3 Å². The van der Waals surface area contributed by atoms with E-state index in [9.17, 15) is 8.42 Å². The lowest BCUT2D eigenvalue weighted by Gasteiger charge is -2.30. The minimum absolute atomic E-state index is 0.255. The fourth-order valence-electron chi connectivity index (χ4n) is 2.37. The number of aromatic nitrogens is 1. The predicted octanol–water partition coefficient (Wildman–Crippen LogP) is 2.71. The number of nitrogens with zero attached hydrogens (tertiary/aromatic N) is 1. The Balaban J connectivity index is 2.33. The molecule has 0 spiro atoms. The van der Waals surface area contributed by atoms with Gasteiger partial charge in [0.15, 0.2) is 0 Å². The Morgan fingerprint density at radius 3 is 2.39 bits per heavy atom. The third-order valence-electron chi connectivity index (χ3n) is 3.84. The Morgan fingerprint density at radius 1 is 1.33 bits per heavy atom. The molecule has 1 fully saturated rings. The number of rotatable bonds is 3. The average molecular weight is 268 g/mol. The Kier molecular flexibility index (Phi) is 2.93. The van der Waals surface area contributed by atoms with Crippen LogP contribution in [0, 0.1) is 12.3 Å². The van der Waals surface area contributed by atoms with Crippen molar-refractivity contribution in [3.63, 3.8) is 0 Å². The Morgan fingerprint density at radius 2 is 1.94 bits per heavy atom. The maximum absolute atomic E-state index is 12.5. The van der Waals surface area contributed by atoms with E-state index in [0.29, 0.717) is 11.4 Å². The van der Waals surface area contributed by atoms with Crippen LogP contribution in [0.2, 0.25) is 0 Å². The molecular weight excluding hydrogens is 248 g/mol. The maximum atomic E-state index is 12.5. The Bertz CT molecular complexity index is 555. The molecule has 2 rings (SSSR count). The van der Waals surface area contributed by atoms with E-state index in [2.05, 4.69) is 9.71 Å². The molecule has 1 N–H and O–H groups in total. The molecule has 0 bridgehead atoms. The lowest BCUT2D eigenvalue weighted by molar-refractivity contribution is 0.363. The normalized spacial score (nSPS) is 18.4. The molecule has 0 atom stereocenters. The first-order valence-electron chi connectivity index (χ1n) is 6.14. The summed E-state index contributed by atoms with van der Waals surface area (Å²) >= 11 is 0. The van der Waals surface area contributed by atoms with E-state index < -0.39 is 14.8 Å². The first kappa shape index (κ1) is 13.3. The molecule has 100 valence electrons. The molecule has 1 saturated carbocycles. The summed E-state index contributed by atoms with van der Waals surface area (Å²) < 4.78 is 27.2. The summed E-state index contributed by atoms with van der Waals surface area (Å²) in [4.78, 5) is 4.10. The number of anilines is 1. The molecule has 1 aliphatic carbocycles. The fraction of sp³-hybridized carbons (Fsp3) is 0.615. The summed E-state index contributed by atoms with van der Waals surface area (Å²) in [6, 6.07) is 3.49. The second kappa shape index (κ2) is 3.95. The molecule has 0 amide bonds. The minimum Gasteiger partial charge on any atom is -0.281 e. The molecule has 0 aliphatic heterocycles. The zero-order chi connectivity index (χ0) is 13.6. The van der Waals surface area contributed by atoms with Crippen LogP contribution in [0.5, 0.6) is 0 Å². The number of pyridine rings is 1. The van der Waals surface area contributed by atoms with Gasteiger partial charge in [0, 0.05) is 6.20 Å². The zero-order valence-electron chi connectivity index (χ0n) is 11.3. The molecule has 0 radical (unpaired) electrons. The SMILES string of the molecule is Cc1ncccc1NS(=O)(=O)C1(C(C)(C)C)CC1.